The Bertz CT molecular complexity index is 976. The molecule has 1 aromatic heterocycles. The molecule has 1 heterocycles. The third-order valence-electron chi connectivity index (χ3n) is 3.73. The van der Waals surface area contributed by atoms with Crippen molar-refractivity contribution in [1.82, 2.24) is 4.98 Å². The molecular formula is C19H13FN2O. The number of H-pyrrole nitrogens is 1. The summed E-state index contributed by atoms with van der Waals surface area (Å²) in [6, 6.07) is 13.6. The lowest BCUT2D eigenvalue weighted by molar-refractivity contribution is 0.104. The lowest BCUT2D eigenvalue weighted by Crippen LogP contribution is -2.02. The first-order valence-corrected chi connectivity index (χ1v) is 7.09. The number of halogens is 1. The zero-order valence-electron chi connectivity index (χ0n) is 12.4. The molecule has 0 spiro atoms. The molecule has 2 aromatic carbocycles. The highest BCUT2D eigenvalue weighted by atomic mass is 19.1. The highest BCUT2D eigenvalue weighted by Crippen LogP contribution is 2.25. The van der Waals surface area contributed by atoms with E-state index in [0.717, 1.165) is 16.5 Å². The van der Waals surface area contributed by atoms with E-state index in [4.69, 9.17) is 0 Å². The molecule has 0 saturated carbocycles. The molecule has 4 heteroatoms. The average molecular weight is 304 g/mol. The highest BCUT2D eigenvalue weighted by Gasteiger charge is 2.18. The summed E-state index contributed by atoms with van der Waals surface area (Å²) in [5, 5.41) is 10.1. The Labute approximate surface area is 132 Å². The predicted octanol–water partition coefficient (Wildman–Crippen LogP) is 4.41. The molecule has 0 saturated heterocycles. The number of carbonyl (C=O) groups is 1. The number of nitriles is 1. The minimum absolute atomic E-state index is 0.0979. The van der Waals surface area contributed by atoms with Crippen LogP contribution in [0, 0.1) is 24.1 Å². The zero-order chi connectivity index (χ0) is 16.4. The van der Waals surface area contributed by atoms with Crippen LogP contribution in [0.15, 0.2) is 54.2 Å². The predicted molar refractivity (Wildman–Crippen MR) is 87.4 cm³/mol. The van der Waals surface area contributed by atoms with E-state index in [1.54, 1.807) is 18.3 Å². The van der Waals surface area contributed by atoms with E-state index in [0.29, 0.717) is 5.56 Å². The highest BCUT2D eigenvalue weighted by molar-refractivity contribution is 6.20. The quantitative estimate of drug-likeness (QED) is 0.443. The SMILES string of the molecule is Cc1cccc2[nH]cc(C(=O)C(C#N)=Cc3ccccc3F)c12. The van der Waals surface area contributed by atoms with Crippen LogP contribution in [0.2, 0.25) is 0 Å². The summed E-state index contributed by atoms with van der Waals surface area (Å²) in [6.07, 6.45) is 2.88. The Morgan fingerprint density at radius 3 is 2.74 bits per heavy atom. The lowest BCUT2D eigenvalue weighted by atomic mass is 9.99. The molecule has 112 valence electrons. The van der Waals surface area contributed by atoms with Gasteiger partial charge in [-0.05, 0) is 30.7 Å². The van der Waals surface area contributed by atoms with E-state index in [1.165, 1.54) is 18.2 Å². The number of allylic oxidation sites excluding steroid dienone is 1. The van der Waals surface area contributed by atoms with Gasteiger partial charge in [-0.1, -0.05) is 30.3 Å². The summed E-state index contributed by atoms with van der Waals surface area (Å²) in [5.41, 5.74) is 2.31. The van der Waals surface area contributed by atoms with E-state index in [-0.39, 0.29) is 11.1 Å². The van der Waals surface area contributed by atoms with Crippen LogP contribution < -0.4 is 0 Å². The number of aryl methyl sites for hydroxylation is 1. The summed E-state index contributed by atoms with van der Waals surface area (Å²) < 4.78 is 13.7. The molecule has 3 aromatic rings. The van der Waals surface area contributed by atoms with Gasteiger partial charge in [0.25, 0.3) is 0 Å². The van der Waals surface area contributed by atoms with E-state index in [2.05, 4.69) is 4.98 Å². The number of nitrogens with one attached hydrogen (secondary N) is 1. The molecule has 0 bridgehead atoms. The summed E-state index contributed by atoms with van der Waals surface area (Å²) in [6.45, 7) is 1.90. The number of aromatic nitrogens is 1. The Kier molecular flexibility index (Phi) is 3.78. The lowest BCUT2D eigenvalue weighted by Gasteiger charge is -2.02. The summed E-state index contributed by atoms with van der Waals surface area (Å²) in [5.74, 6) is -0.889. The third-order valence-corrected chi connectivity index (χ3v) is 3.73. The van der Waals surface area contributed by atoms with Crippen LogP contribution in [0.5, 0.6) is 0 Å². The van der Waals surface area contributed by atoms with Gasteiger partial charge in [0, 0.05) is 28.2 Å². The number of nitrogens with zero attached hydrogens (tertiary/aromatic N) is 1. The number of carbonyl (C=O) groups excluding carboxylic acids is 1. The van der Waals surface area contributed by atoms with E-state index in [1.807, 2.05) is 31.2 Å². The second-order valence-corrected chi connectivity index (χ2v) is 5.22. The molecule has 0 aliphatic heterocycles. The molecule has 3 rings (SSSR count). The smallest absolute Gasteiger partial charge is 0.205 e. The summed E-state index contributed by atoms with van der Waals surface area (Å²) in [7, 11) is 0. The number of hydrogen-bond donors (Lipinski definition) is 1. The topological polar surface area (TPSA) is 56.6 Å². The van der Waals surface area contributed by atoms with Gasteiger partial charge in [0.15, 0.2) is 0 Å². The molecule has 0 amide bonds. The van der Waals surface area contributed by atoms with Crippen LogP contribution in [-0.4, -0.2) is 10.8 Å². The van der Waals surface area contributed by atoms with E-state index in [9.17, 15) is 14.4 Å². The third kappa shape index (κ3) is 2.65. The molecule has 0 radical (unpaired) electrons. The van der Waals surface area contributed by atoms with Crippen LogP contribution in [0.1, 0.15) is 21.5 Å². The van der Waals surface area contributed by atoms with Gasteiger partial charge in [-0.3, -0.25) is 4.79 Å². The zero-order valence-corrected chi connectivity index (χ0v) is 12.4. The van der Waals surface area contributed by atoms with Gasteiger partial charge in [-0.15, -0.1) is 0 Å². The first kappa shape index (κ1) is 14.7. The Morgan fingerprint density at radius 2 is 2.00 bits per heavy atom. The number of hydrogen-bond acceptors (Lipinski definition) is 2. The van der Waals surface area contributed by atoms with Gasteiger partial charge in [0.1, 0.15) is 17.5 Å². The second kappa shape index (κ2) is 5.90. The van der Waals surface area contributed by atoms with Crippen molar-refractivity contribution in [3.05, 3.63) is 76.7 Å². The van der Waals surface area contributed by atoms with Crippen molar-refractivity contribution in [3.8, 4) is 6.07 Å². The minimum Gasteiger partial charge on any atom is -0.360 e. The normalized spacial score (nSPS) is 11.4. The molecule has 0 atom stereocenters. The van der Waals surface area contributed by atoms with Crippen LogP contribution in [0.3, 0.4) is 0 Å². The molecular weight excluding hydrogens is 291 g/mol. The first-order chi connectivity index (χ1) is 11.1. The molecule has 3 nitrogen and oxygen atoms in total. The first-order valence-electron chi connectivity index (χ1n) is 7.09. The van der Waals surface area contributed by atoms with Gasteiger partial charge in [-0.25, -0.2) is 4.39 Å². The van der Waals surface area contributed by atoms with Crippen molar-refractivity contribution in [2.24, 2.45) is 0 Å². The summed E-state index contributed by atoms with van der Waals surface area (Å²) in [4.78, 5) is 15.7. The Morgan fingerprint density at radius 1 is 1.22 bits per heavy atom. The van der Waals surface area contributed by atoms with Gasteiger partial charge in [0.05, 0.1) is 0 Å². The van der Waals surface area contributed by atoms with Crippen LogP contribution >= 0.6 is 0 Å². The van der Waals surface area contributed by atoms with Crippen molar-refractivity contribution in [1.29, 1.82) is 5.26 Å². The number of fused-ring (bicyclic) bond motifs is 1. The monoisotopic (exact) mass is 304 g/mol. The van der Waals surface area contributed by atoms with E-state index >= 15 is 0 Å². The Balaban J connectivity index is 2.11. The molecule has 23 heavy (non-hydrogen) atoms. The number of ketones is 1. The van der Waals surface area contributed by atoms with Gasteiger partial charge in [0.2, 0.25) is 5.78 Å². The maximum atomic E-state index is 13.7. The molecule has 0 unspecified atom stereocenters. The standard InChI is InChI=1S/C19H13FN2O/c1-12-5-4-8-17-18(12)15(11-22-17)19(23)14(10-21)9-13-6-2-3-7-16(13)20/h2-9,11,22H,1H3. The second-order valence-electron chi connectivity index (χ2n) is 5.22. The van der Waals surface area contributed by atoms with Gasteiger partial charge < -0.3 is 4.98 Å². The van der Waals surface area contributed by atoms with Crippen molar-refractivity contribution in [2.45, 2.75) is 6.92 Å². The molecule has 1 N–H and O–H groups in total. The molecule has 0 fully saturated rings. The number of benzene rings is 2. The van der Waals surface area contributed by atoms with Crippen molar-refractivity contribution >= 4 is 22.8 Å². The fourth-order valence-electron chi connectivity index (χ4n) is 2.59. The maximum Gasteiger partial charge on any atom is 0.205 e. The molecule has 0 aliphatic carbocycles. The van der Waals surface area contributed by atoms with Crippen LogP contribution in [0.4, 0.5) is 4.39 Å². The largest absolute Gasteiger partial charge is 0.360 e. The number of rotatable bonds is 3. The van der Waals surface area contributed by atoms with Crippen molar-refractivity contribution in [3.63, 3.8) is 0 Å². The van der Waals surface area contributed by atoms with E-state index < -0.39 is 11.6 Å². The van der Waals surface area contributed by atoms with Crippen molar-refractivity contribution < 1.29 is 9.18 Å². The number of Topliss-reactive ketones (excluding diaryl/α,β-unsaturated/α-hetero) is 1. The fraction of sp³-hybridized carbons (Fsp3) is 0.0526. The number of aromatic amines is 1. The van der Waals surface area contributed by atoms with Crippen LogP contribution in [-0.2, 0) is 0 Å². The Hall–Kier alpha value is -3.19. The van der Waals surface area contributed by atoms with Crippen LogP contribution in [0.25, 0.3) is 17.0 Å². The van der Waals surface area contributed by atoms with Crippen molar-refractivity contribution in [2.75, 3.05) is 0 Å². The van der Waals surface area contributed by atoms with Gasteiger partial charge in [-0.2, -0.15) is 5.26 Å². The fourth-order valence-corrected chi connectivity index (χ4v) is 2.59. The average Bonchev–Trinajstić information content (AvgIpc) is 2.99. The maximum absolute atomic E-state index is 13.7. The summed E-state index contributed by atoms with van der Waals surface area (Å²) >= 11 is 0. The minimum atomic E-state index is -0.469. The molecule has 0 aliphatic rings. The van der Waals surface area contributed by atoms with Gasteiger partial charge >= 0.3 is 0 Å².